The van der Waals surface area contributed by atoms with Crippen molar-refractivity contribution in [2.45, 2.75) is 13.3 Å². The molecular weight excluding hydrogens is 224 g/mol. The van der Waals surface area contributed by atoms with Crippen LogP contribution in [0.3, 0.4) is 0 Å². The predicted molar refractivity (Wildman–Crippen MR) is 60.9 cm³/mol. The van der Waals surface area contributed by atoms with E-state index in [0.29, 0.717) is 13.0 Å². The molecule has 0 aliphatic carbocycles. The molecule has 0 aromatic carbocycles. The average molecular weight is 238 g/mol. The maximum absolute atomic E-state index is 11.9. The summed E-state index contributed by atoms with van der Waals surface area (Å²) in [6.07, 6.45) is 3.33. The minimum atomic E-state index is -1.10. The van der Waals surface area contributed by atoms with E-state index < -0.39 is 23.9 Å². The molecule has 6 heteroatoms. The first-order valence-corrected chi connectivity index (χ1v) is 5.24. The van der Waals surface area contributed by atoms with Gasteiger partial charge in [-0.3, -0.25) is 14.4 Å². The number of nitrogens with one attached hydrogen (secondary N) is 1. The SMILES string of the molecule is CCCN(CC(=O)O)C(=O)c1c[nH]ccc1=O. The van der Waals surface area contributed by atoms with Gasteiger partial charge in [0.05, 0.1) is 0 Å². The zero-order valence-electron chi connectivity index (χ0n) is 9.47. The van der Waals surface area contributed by atoms with Gasteiger partial charge in [0.25, 0.3) is 5.91 Å². The van der Waals surface area contributed by atoms with Crippen molar-refractivity contribution in [2.24, 2.45) is 0 Å². The van der Waals surface area contributed by atoms with Gasteiger partial charge in [-0.2, -0.15) is 0 Å². The van der Waals surface area contributed by atoms with Gasteiger partial charge in [0, 0.05) is 25.0 Å². The van der Waals surface area contributed by atoms with Gasteiger partial charge in [-0.15, -0.1) is 0 Å². The Labute approximate surface area is 97.9 Å². The molecule has 0 saturated heterocycles. The highest BCUT2D eigenvalue weighted by Gasteiger charge is 2.19. The smallest absolute Gasteiger partial charge is 0.323 e. The number of hydrogen-bond donors (Lipinski definition) is 2. The highest BCUT2D eigenvalue weighted by atomic mass is 16.4. The maximum Gasteiger partial charge on any atom is 0.323 e. The van der Waals surface area contributed by atoms with E-state index in [0.717, 1.165) is 4.90 Å². The molecule has 1 aromatic rings. The monoisotopic (exact) mass is 238 g/mol. The van der Waals surface area contributed by atoms with Gasteiger partial charge < -0.3 is 15.0 Å². The van der Waals surface area contributed by atoms with E-state index in [-0.39, 0.29) is 5.56 Å². The third kappa shape index (κ3) is 3.44. The number of carboxylic acid groups (broad SMARTS) is 1. The van der Waals surface area contributed by atoms with Crippen LogP contribution < -0.4 is 5.43 Å². The number of carbonyl (C=O) groups excluding carboxylic acids is 1. The van der Waals surface area contributed by atoms with E-state index in [4.69, 9.17) is 5.11 Å². The van der Waals surface area contributed by atoms with Gasteiger partial charge in [-0.25, -0.2) is 0 Å². The van der Waals surface area contributed by atoms with Gasteiger partial charge >= 0.3 is 5.97 Å². The average Bonchev–Trinajstić information content (AvgIpc) is 2.28. The Morgan fingerprint density at radius 1 is 1.47 bits per heavy atom. The number of pyridine rings is 1. The third-order valence-corrected chi connectivity index (χ3v) is 2.16. The Morgan fingerprint density at radius 3 is 2.71 bits per heavy atom. The van der Waals surface area contributed by atoms with Crippen molar-refractivity contribution in [1.29, 1.82) is 0 Å². The number of amides is 1. The van der Waals surface area contributed by atoms with E-state index in [1.54, 1.807) is 0 Å². The topological polar surface area (TPSA) is 90.5 Å². The molecule has 0 radical (unpaired) electrons. The fraction of sp³-hybridized carbons (Fsp3) is 0.364. The van der Waals surface area contributed by atoms with E-state index in [1.807, 2.05) is 6.92 Å². The van der Waals surface area contributed by atoms with Crippen molar-refractivity contribution in [3.05, 3.63) is 34.2 Å². The summed E-state index contributed by atoms with van der Waals surface area (Å²) in [7, 11) is 0. The Balaban J connectivity index is 2.95. The summed E-state index contributed by atoms with van der Waals surface area (Å²) in [4.78, 5) is 37.8. The molecule has 2 N–H and O–H groups in total. The number of carboxylic acids is 1. The first kappa shape index (κ1) is 13.0. The molecule has 0 fully saturated rings. The molecule has 0 unspecified atom stereocenters. The molecule has 1 rings (SSSR count). The molecule has 0 saturated carbocycles. The molecule has 92 valence electrons. The summed E-state index contributed by atoms with van der Waals surface area (Å²) in [6, 6.07) is 1.23. The Hall–Kier alpha value is -2.11. The molecule has 0 spiro atoms. The maximum atomic E-state index is 11.9. The van der Waals surface area contributed by atoms with Crippen molar-refractivity contribution >= 4 is 11.9 Å². The second-order valence-corrected chi connectivity index (χ2v) is 3.54. The van der Waals surface area contributed by atoms with Crippen LogP contribution in [0, 0.1) is 0 Å². The molecule has 1 amide bonds. The van der Waals surface area contributed by atoms with Gasteiger partial charge in [0.2, 0.25) is 0 Å². The number of hydrogen-bond acceptors (Lipinski definition) is 3. The third-order valence-electron chi connectivity index (χ3n) is 2.16. The predicted octanol–water partition coefficient (Wildman–Crippen LogP) is 0.312. The number of carbonyl (C=O) groups is 2. The molecule has 1 aromatic heterocycles. The van der Waals surface area contributed by atoms with Crippen molar-refractivity contribution in [2.75, 3.05) is 13.1 Å². The van der Waals surface area contributed by atoms with Crippen LogP contribution in [-0.2, 0) is 4.79 Å². The van der Waals surface area contributed by atoms with Crippen LogP contribution in [0.4, 0.5) is 0 Å². The quantitative estimate of drug-likeness (QED) is 0.772. The fourth-order valence-corrected chi connectivity index (χ4v) is 1.44. The van der Waals surface area contributed by atoms with Crippen LogP contribution in [0.5, 0.6) is 0 Å². The number of nitrogens with zero attached hydrogens (tertiary/aromatic N) is 1. The molecule has 1 heterocycles. The summed E-state index contributed by atoms with van der Waals surface area (Å²) >= 11 is 0. The van der Waals surface area contributed by atoms with Crippen molar-refractivity contribution in [1.82, 2.24) is 9.88 Å². The lowest BCUT2D eigenvalue weighted by Gasteiger charge is -2.19. The molecule has 6 nitrogen and oxygen atoms in total. The van der Waals surface area contributed by atoms with Crippen molar-refractivity contribution in [3.8, 4) is 0 Å². The zero-order valence-corrected chi connectivity index (χ0v) is 9.47. The molecule has 0 atom stereocenters. The largest absolute Gasteiger partial charge is 0.480 e. The van der Waals surface area contributed by atoms with Crippen molar-refractivity contribution < 1.29 is 14.7 Å². The van der Waals surface area contributed by atoms with Crippen molar-refractivity contribution in [3.63, 3.8) is 0 Å². The van der Waals surface area contributed by atoms with Crippen LogP contribution in [0.1, 0.15) is 23.7 Å². The fourth-order valence-electron chi connectivity index (χ4n) is 1.44. The zero-order chi connectivity index (χ0) is 12.8. The van der Waals surface area contributed by atoms with E-state index in [1.165, 1.54) is 18.5 Å². The number of aliphatic carboxylic acids is 1. The summed E-state index contributed by atoms with van der Waals surface area (Å²) in [5.74, 6) is -1.66. The van der Waals surface area contributed by atoms with E-state index in [2.05, 4.69) is 4.98 Å². The summed E-state index contributed by atoms with van der Waals surface area (Å²) < 4.78 is 0. The summed E-state index contributed by atoms with van der Waals surface area (Å²) in [5, 5.41) is 8.70. The van der Waals surface area contributed by atoms with Crippen LogP contribution in [0.25, 0.3) is 0 Å². The van der Waals surface area contributed by atoms with Crippen LogP contribution in [0.2, 0.25) is 0 Å². The molecular formula is C11H14N2O4. The Bertz CT molecular complexity index is 467. The minimum Gasteiger partial charge on any atom is -0.480 e. The normalized spacial score (nSPS) is 9.94. The molecule has 17 heavy (non-hydrogen) atoms. The highest BCUT2D eigenvalue weighted by Crippen LogP contribution is 2.00. The first-order chi connectivity index (χ1) is 8.06. The van der Waals surface area contributed by atoms with E-state index >= 15 is 0 Å². The molecule has 0 aliphatic heterocycles. The Kier molecular flexibility index (Phi) is 4.45. The molecule has 0 aliphatic rings. The number of H-pyrrole nitrogens is 1. The second kappa shape index (κ2) is 5.83. The first-order valence-electron chi connectivity index (χ1n) is 5.24. The minimum absolute atomic E-state index is 0.0396. The molecule has 0 bridgehead atoms. The van der Waals surface area contributed by atoms with Crippen LogP contribution >= 0.6 is 0 Å². The number of rotatable bonds is 5. The van der Waals surface area contributed by atoms with Gasteiger partial charge in [0.1, 0.15) is 12.1 Å². The summed E-state index contributed by atoms with van der Waals surface area (Å²) in [5.41, 5.74) is -0.456. The number of aromatic nitrogens is 1. The van der Waals surface area contributed by atoms with Crippen LogP contribution in [0.15, 0.2) is 23.3 Å². The van der Waals surface area contributed by atoms with Gasteiger partial charge in [0.15, 0.2) is 5.43 Å². The lowest BCUT2D eigenvalue weighted by Crippen LogP contribution is -2.38. The van der Waals surface area contributed by atoms with E-state index in [9.17, 15) is 14.4 Å². The highest BCUT2D eigenvalue weighted by molar-refractivity contribution is 5.95. The second-order valence-electron chi connectivity index (χ2n) is 3.54. The standard InChI is InChI=1S/C11H14N2O4/c1-2-5-13(7-10(15)16)11(17)8-6-12-4-3-9(8)14/h3-4,6H,2,5,7H2,1H3,(H,12,14)(H,15,16). The van der Waals surface area contributed by atoms with Gasteiger partial charge in [-0.05, 0) is 6.42 Å². The van der Waals surface area contributed by atoms with Crippen LogP contribution in [-0.4, -0.2) is 40.0 Å². The summed E-state index contributed by atoms with van der Waals surface area (Å²) in [6.45, 7) is 1.73. The van der Waals surface area contributed by atoms with Gasteiger partial charge in [-0.1, -0.05) is 6.92 Å². The lowest BCUT2D eigenvalue weighted by atomic mass is 10.2. The Morgan fingerprint density at radius 2 is 2.18 bits per heavy atom. The number of aromatic amines is 1. The lowest BCUT2D eigenvalue weighted by molar-refractivity contribution is -0.137.